The Morgan fingerprint density at radius 2 is 2.06 bits per heavy atom. The molecule has 1 aromatic rings. The van der Waals surface area contributed by atoms with Gasteiger partial charge in [-0.15, -0.1) is 0 Å². The van der Waals surface area contributed by atoms with E-state index >= 15 is 0 Å². The van der Waals surface area contributed by atoms with E-state index < -0.39 is 0 Å². The molecule has 1 aromatic carbocycles. The molecule has 17 heavy (non-hydrogen) atoms. The summed E-state index contributed by atoms with van der Waals surface area (Å²) in [5.41, 5.74) is 1.04. The number of aliphatic hydroxyl groups is 1. The van der Waals surface area contributed by atoms with Gasteiger partial charge in [0.25, 0.3) is 0 Å². The third-order valence-corrected chi connectivity index (χ3v) is 3.89. The molecule has 0 aliphatic rings. The van der Waals surface area contributed by atoms with Crippen molar-refractivity contribution >= 4 is 28.5 Å². The summed E-state index contributed by atoms with van der Waals surface area (Å²) in [7, 11) is 0. The second-order valence-corrected chi connectivity index (χ2v) is 5.45. The number of rotatable bonds is 5. The molecule has 0 aromatic heterocycles. The number of hydrogen-bond acceptors (Lipinski definition) is 2. The Labute approximate surface area is 116 Å². The molecule has 1 amide bonds. The SMILES string of the molecule is CC(CO)C(C)NC(=O)Cc1ccccc1I. The summed E-state index contributed by atoms with van der Waals surface area (Å²) in [5, 5.41) is 11.9. The van der Waals surface area contributed by atoms with Crippen LogP contribution in [0.3, 0.4) is 0 Å². The molecule has 3 nitrogen and oxygen atoms in total. The maximum atomic E-state index is 11.8. The van der Waals surface area contributed by atoms with Crippen LogP contribution in [-0.2, 0) is 11.2 Å². The van der Waals surface area contributed by atoms with Gasteiger partial charge >= 0.3 is 0 Å². The van der Waals surface area contributed by atoms with Crippen LogP contribution in [0.15, 0.2) is 24.3 Å². The van der Waals surface area contributed by atoms with Crippen LogP contribution in [0.25, 0.3) is 0 Å². The van der Waals surface area contributed by atoms with Gasteiger partial charge in [0.2, 0.25) is 5.91 Å². The van der Waals surface area contributed by atoms with Gasteiger partial charge in [-0.25, -0.2) is 0 Å². The van der Waals surface area contributed by atoms with Crippen LogP contribution in [0.2, 0.25) is 0 Å². The number of amides is 1. The Bertz CT molecular complexity index is 381. The van der Waals surface area contributed by atoms with Crippen molar-refractivity contribution in [2.75, 3.05) is 6.61 Å². The molecule has 1 rings (SSSR count). The molecule has 0 saturated carbocycles. The third kappa shape index (κ3) is 4.63. The fraction of sp³-hybridized carbons (Fsp3) is 0.462. The highest BCUT2D eigenvalue weighted by molar-refractivity contribution is 14.1. The molecule has 0 spiro atoms. The van der Waals surface area contributed by atoms with Gasteiger partial charge in [0.1, 0.15) is 0 Å². The van der Waals surface area contributed by atoms with Crippen molar-refractivity contribution < 1.29 is 9.90 Å². The lowest BCUT2D eigenvalue weighted by atomic mass is 10.0. The summed E-state index contributed by atoms with van der Waals surface area (Å²) in [6.45, 7) is 3.91. The highest BCUT2D eigenvalue weighted by Crippen LogP contribution is 2.12. The van der Waals surface area contributed by atoms with Crippen LogP contribution in [0.5, 0.6) is 0 Å². The fourth-order valence-corrected chi connectivity index (χ4v) is 2.00. The van der Waals surface area contributed by atoms with E-state index in [9.17, 15) is 4.79 Å². The van der Waals surface area contributed by atoms with Gasteiger partial charge in [-0.1, -0.05) is 25.1 Å². The van der Waals surface area contributed by atoms with E-state index in [-0.39, 0.29) is 24.5 Å². The minimum absolute atomic E-state index is 0.00177. The zero-order chi connectivity index (χ0) is 12.8. The molecule has 94 valence electrons. The summed E-state index contributed by atoms with van der Waals surface area (Å²) in [4.78, 5) is 11.8. The van der Waals surface area contributed by atoms with Gasteiger partial charge in [0, 0.05) is 16.2 Å². The quantitative estimate of drug-likeness (QED) is 0.801. The van der Waals surface area contributed by atoms with Crippen molar-refractivity contribution in [3.8, 4) is 0 Å². The van der Waals surface area contributed by atoms with Crippen molar-refractivity contribution in [3.63, 3.8) is 0 Å². The average Bonchev–Trinajstić information content (AvgIpc) is 2.31. The maximum Gasteiger partial charge on any atom is 0.224 e. The van der Waals surface area contributed by atoms with Crippen LogP contribution in [-0.4, -0.2) is 23.7 Å². The Morgan fingerprint density at radius 1 is 1.41 bits per heavy atom. The lowest BCUT2D eigenvalue weighted by Gasteiger charge is -2.19. The second kappa shape index (κ2) is 6.96. The fourth-order valence-electron chi connectivity index (χ4n) is 1.42. The highest BCUT2D eigenvalue weighted by Gasteiger charge is 2.14. The predicted octanol–water partition coefficient (Wildman–Crippen LogP) is 1.97. The lowest BCUT2D eigenvalue weighted by molar-refractivity contribution is -0.121. The van der Waals surface area contributed by atoms with Crippen molar-refractivity contribution in [2.24, 2.45) is 5.92 Å². The summed E-state index contributed by atoms with van der Waals surface area (Å²) in [5.74, 6) is 0.0794. The second-order valence-electron chi connectivity index (χ2n) is 4.28. The molecule has 4 heteroatoms. The number of nitrogens with one attached hydrogen (secondary N) is 1. The van der Waals surface area contributed by atoms with E-state index in [1.807, 2.05) is 38.1 Å². The van der Waals surface area contributed by atoms with Crippen molar-refractivity contribution in [1.82, 2.24) is 5.32 Å². The highest BCUT2D eigenvalue weighted by atomic mass is 127. The van der Waals surface area contributed by atoms with Crippen LogP contribution >= 0.6 is 22.6 Å². The molecule has 0 bridgehead atoms. The number of carbonyl (C=O) groups excluding carboxylic acids is 1. The standard InChI is InChI=1S/C13H18INO2/c1-9(8-16)10(2)15-13(17)7-11-5-3-4-6-12(11)14/h3-6,9-10,16H,7-8H2,1-2H3,(H,15,17). The van der Waals surface area contributed by atoms with E-state index in [0.717, 1.165) is 9.13 Å². The van der Waals surface area contributed by atoms with E-state index in [1.165, 1.54) is 0 Å². The summed E-state index contributed by atoms with van der Waals surface area (Å²) in [6.07, 6.45) is 0.390. The first-order valence-electron chi connectivity index (χ1n) is 5.68. The van der Waals surface area contributed by atoms with Crippen LogP contribution in [0.1, 0.15) is 19.4 Å². The molecule has 2 unspecified atom stereocenters. The van der Waals surface area contributed by atoms with E-state index in [0.29, 0.717) is 6.42 Å². The normalized spacial score (nSPS) is 14.1. The van der Waals surface area contributed by atoms with E-state index in [1.54, 1.807) is 0 Å². The van der Waals surface area contributed by atoms with Gasteiger partial charge in [0.05, 0.1) is 6.42 Å². The van der Waals surface area contributed by atoms with Crippen molar-refractivity contribution in [3.05, 3.63) is 33.4 Å². The van der Waals surface area contributed by atoms with Crippen LogP contribution in [0, 0.1) is 9.49 Å². The monoisotopic (exact) mass is 347 g/mol. The molecule has 0 aliphatic carbocycles. The average molecular weight is 347 g/mol. The van der Waals surface area contributed by atoms with Crippen LogP contribution in [0.4, 0.5) is 0 Å². The number of carbonyl (C=O) groups is 1. The summed E-state index contributed by atoms with van der Waals surface area (Å²) in [6, 6.07) is 7.84. The topological polar surface area (TPSA) is 49.3 Å². The minimum atomic E-state index is -0.00567. The Kier molecular flexibility index (Phi) is 5.91. The zero-order valence-corrected chi connectivity index (χ0v) is 12.3. The predicted molar refractivity (Wildman–Crippen MR) is 76.7 cm³/mol. The van der Waals surface area contributed by atoms with Gasteiger partial charge in [-0.05, 0) is 47.1 Å². The van der Waals surface area contributed by atoms with Gasteiger partial charge in [-0.3, -0.25) is 4.79 Å². The van der Waals surface area contributed by atoms with E-state index in [2.05, 4.69) is 27.9 Å². The summed E-state index contributed by atoms with van der Waals surface area (Å²) >= 11 is 2.23. The third-order valence-electron chi connectivity index (χ3n) is 2.84. The first kappa shape index (κ1) is 14.4. The molecular formula is C13H18INO2. The largest absolute Gasteiger partial charge is 0.396 e. The molecular weight excluding hydrogens is 329 g/mol. The molecule has 0 saturated heterocycles. The molecule has 0 aliphatic heterocycles. The van der Waals surface area contributed by atoms with E-state index in [4.69, 9.17) is 5.11 Å². The number of aliphatic hydroxyl groups excluding tert-OH is 1. The van der Waals surface area contributed by atoms with Crippen molar-refractivity contribution in [2.45, 2.75) is 26.3 Å². The maximum absolute atomic E-state index is 11.8. The number of hydrogen-bond donors (Lipinski definition) is 2. The number of benzene rings is 1. The molecule has 0 fully saturated rings. The minimum Gasteiger partial charge on any atom is -0.396 e. The summed E-state index contributed by atoms with van der Waals surface area (Å²) < 4.78 is 1.10. The Morgan fingerprint density at radius 3 is 2.65 bits per heavy atom. The lowest BCUT2D eigenvalue weighted by Crippen LogP contribution is -2.39. The zero-order valence-electron chi connectivity index (χ0n) is 10.1. The smallest absolute Gasteiger partial charge is 0.224 e. The first-order chi connectivity index (χ1) is 8.04. The first-order valence-corrected chi connectivity index (χ1v) is 6.76. The van der Waals surface area contributed by atoms with Crippen LogP contribution < -0.4 is 5.32 Å². The van der Waals surface area contributed by atoms with Gasteiger partial charge < -0.3 is 10.4 Å². The van der Waals surface area contributed by atoms with Crippen molar-refractivity contribution in [1.29, 1.82) is 0 Å². The Balaban J connectivity index is 2.53. The number of halogens is 1. The van der Waals surface area contributed by atoms with Gasteiger partial charge in [-0.2, -0.15) is 0 Å². The molecule has 0 heterocycles. The Hall–Kier alpha value is -0.620. The van der Waals surface area contributed by atoms with Gasteiger partial charge in [0.15, 0.2) is 0 Å². The molecule has 0 radical (unpaired) electrons. The molecule has 2 N–H and O–H groups in total. The molecule has 2 atom stereocenters.